The number of halogens is 4. The van der Waals surface area contributed by atoms with Gasteiger partial charge < -0.3 is 0 Å². The summed E-state index contributed by atoms with van der Waals surface area (Å²) in [6, 6.07) is 8.07. The fourth-order valence-electron chi connectivity index (χ4n) is 2.51. The molecular formula is C16H9F4NO2. The van der Waals surface area contributed by atoms with Gasteiger partial charge in [0.2, 0.25) is 0 Å². The molecule has 3 rings (SSSR count). The number of rotatable bonds is 2. The van der Waals surface area contributed by atoms with Crippen LogP contribution in [0.5, 0.6) is 0 Å². The van der Waals surface area contributed by atoms with E-state index in [0.717, 1.165) is 29.2 Å². The quantitative estimate of drug-likeness (QED) is 0.626. The molecule has 1 aliphatic heterocycles. The number of benzene rings is 2. The van der Waals surface area contributed by atoms with Gasteiger partial charge in [-0.1, -0.05) is 18.2 Å². The third-order valence-electron chi connectivity index (χ3n) is 3.55. The minimum absolute atomic E-state index is 0.245. The van der Waals surface area contributed by atoms with Crippen LogP contribution in [0.2, 0.25) is 0 Å². The summed E-state index contributed by atoms with van der Waals surface area (Å²) in [6.07, 6.45) is -4.70. The fraction of sp³-hybridized carbons (Fsp3) is 0.125. The van der Waals surface area contributed by atoms with E-state index in [1.807, 2.05) is 0 Å². The summed E-state index contributed by atoms with van der Waals surface area (Å²) >= 11 is 0. The van der Waals surface area contributed by atoms with Gasteiger partial charge in [0.25, 0.3) is 11.7 Å². The Morgan fingerprint density at radius 2 is 1.61 bits per heavy atom. The van der Waals surface area contributed by atoms with Crippen molar-refractivity contribution < 1.29 is 27.2 Å². The van der Waals surface area contributed by atoms with E-state index in [4.69, 9.17) is 0 Å². The average Bonchev–Trinajstić information content (AvgIpc) is 2.74. The molecule has 0 bridgehead atoms. The number of alkyl halides is 3. The number of Topliss-reactive ketones (excluding diaryl/α,β-unsaturated/α-hetero) is 1. The van der Waals surface area contributed by atoms with Crippen LogP contribution in [0.1, 0.15) is 21.5 Å². The Kier molecular flexibility index (Phi) is 3.43. The van der Waals surface area contributed by atoms with E-state index < -0.39 is 34.9 Å². The molecule has 1 aliphatic rings. The molecule has 0 atom stereocenters. The molecule has 0 saturated carbocycles. The van der Waals surface area contributed by atoms with Crippen molar-refractivity contribution in [2.45, 2.75) is 12.7 Å². The van der Waals surface area contributed by atoms with Crippen molar-refractivity contribution in [3.8, 4) is 0 Å². The lowest BCUT2D eigenvalue weighted by molar-refractivity contribution is -0.137. The van der Waals surface area contributed by atoms with Crippen molar-refractivity contribution >= 4 is 17.4 Å². The van der Waals surface area contributed by atoms with Gasteiger partial charge in [-0.2, -0.15) is 13.2 Å². The maximum absolute atomic E-state index is 13.2. The first kappa shape index (κ1) is 15.2. The van der Waals surface area contributed by atoms with Gasteiger partial charge in [0.15, 0.2) is 0 Å². The Morgan fingerprint density at radius 1 is 0.957 bits per heavy atom. The topological polar surface area (TPSA) is 37.4 Å². The number of carbonyl (C=O) groups excluding carboxylic acids is 2. The molecule has 0 aliphatic carbocycles. The average molecular weight is 323 g/mol. The standard InChI is InChI=1S/C16H9F4NO2/c17-10-6-4-9(5-7-10)8-21-13-11(14(22)15(21)23)2-1-3-12(13)16(18,19)20/h1-7H,8H2. The zero-order valence-electron chi connectivity index (χ0n) is 11.5. The van der Waals surface area contributed by atoms with Crippen LogP contribution in [0.4, 0.5) is 23.2 Å². The minimum Gasteiger partial charge on any atom is -0.300 e. The number of nitrogens with zero attached hydrogens (tertiary/aromatic N) is 1. The molecule has 0 N–H and O–H groups in total. The monoisotopic (exact) mass is 323 g/mol. The van der Waals surface area contributed by atoms with Crippen LogP contribution in [0.25, 0.3) is 0 Å². The molecule has 7 heteroatoms. The minimum atomic E-state index is -4.70. The van der Waals surface area contributed by atoms with E-state index >= 15 is 0 Å². The summed E-state index contributed by atoms with van der Waals surface area (Å²) in [5, 5.41) is 0. The molecule has 0 aromatic heterocycles. The number of amides is 1. The van der Waals surface area contributed by atoms with E-state index in [-0.39, 0.29) is 12.1 Å². The predicted molar refractivity (Wildman–Crippen MR) is 73.4 cm³/mol. The maximum Gasteiger partial charge on any atom is 0.418 e. The lowest BCUT2D eigenvalue weighted by Crippen LogP contribution is -2.30. The summed E-state index contributed by atoms with van der Waals surface area (Å²) in [5.74, 6) is -2.51. The predicted octanol–water partition coefficient (Wildman–Crippen LogP) is 3.57. The molecule has 0 radical (unpaired) electrons. The van der Waals surface area contributed by atoms with Crippen LogP contribution < -0.4 is 4.90 Å². The van der Waals surface area contributed by atoms with E-state index in [1.165, 1.54) is 18.2 Å². The highest BCUT2D eigenvalue weighted by Gasteiger charge is 2.44. The molecule has 2 aromatic rings. The summed E-state index contributed by atoms with van der Waals surface area (Å²) in [6.45, 7) is -0.245. The number of fused-ring (bicyclic) bond motifs is 1. The lowest BCUT2D eigenvalue weighted by Gasteiger charge is -2.20. The van der Waals surface area contributed by atoms with E-state index in [0.29, 0.717) is 5.56 Å². The van der Waals surface area contributed by atoms with Gasteiger partial charge in [-0.3, -0.25) is 14.5 Å². The first-order valence-corrected chi connectivity index (χ1v) is 6.60. The summed E-state index contributed by atoms with van der Waals surface area (Å²) < 4.78 is 52.4. The molecule has 3 nitrogen and oxygen atoms in total. The lowest BCUT2D eigenvalue weighted by atomic mass is 10.1. The van der Waals surface area contributed by atoms with Crippen molar-refractivity contribution in [2.75, 3.05) is 4.90 Å². The molecule has 0 saturated heterocycles. The zero-order chi connectivity index (χ0) is 16.8. The number of carbonyl (C=O) groups is 2. The summed E-state index contributed by atoms with van der Waals surface area (Å²) in [5.41, 5.74) is -1.35. The second-order valence-electron chi connectivity index (χ2n) is 5.05. The zero-order valence-corrected chi connectivity index (χ0v) is 11.5. The SMILES string of the molecule is O=C1C(=O)N(Cc2ccc(F)cc2)c2c1cccc2C(F)(F)F. The Hall–Kier alpha value is -2.70. The van der Waals surface area contributed by atoms with E-state index in [9.17, 15) is 27.2 Å². The molecule has 1 amide bonds. The molecular weight excluding hydrogens is 314 g/mol. The van der Waals surface area contributed by atoms with Crippen LogP contribution in [-0.2, 0) is 17.5 Å². The van der Waals surface area contributed by atoms with Gasteiger partial charge in [-0.15, -0.1) is 0 Å². The number of anilines is 1. The van der Waals surface area contributed by atoms with Crippen LogP contribution in [0.15, 0.2) is 42.5 Å². The third-order valence-corrected chi connectivity index (χ3v) is 3.55. The number of para-hydroxylation sites is 1. The van der Waals surface area contributed by atoms with Crippen LogP contribution in [-0.4, -0.2) is 11.7 Å². The molecule has 118 valence electrons. The Bertz CT molecular complexity index is 797. The third kappa shape index (κ3) is 2.58. The highest BCUT2D eigenvalue weighted by atomic mass is 19.4. The van der Waals surface area contributed by atoms with Gasteiger partial charge >= 0.3 is 6.18 Å². The molecule has 1 heterocycles. The number of hydrogen-bond acceptors (Lipinski definition) is 2. The normalized spacial score (nSPS) is 14.3. The maximum atomic E-state index is 13.2. The summed E-state index contributed by atoms with van der Waals surface area (Å²) in [4.78, 5) is 24.7. The Balaban J connectivity index is 2.09. The molecule has 23 heavy (non-hydrogen) atoms. The number of ketones is 1. The van der Waals surface area contributed by atoms with Crippen molar-refractivity contribution in [2.24, 2.45) is 0 Å². The molecule has 0 unspecified atom stereocenters. The molecule has 0 fully saturated rings. The summed E-state index contributed by atoms with van der Waals surface area (Å²) in [7, 11) is 0. The first-order valence-electron chi connectivity index (χ1n) is 6.60. The van der Waals surface area contributed by atoms with Gasteiger partial charge in [0.05, 0.1) is 23.4 Å². The van der Waals surface area contributed by atoms with E-state index in [2.05, 4.69) is 0 Å². The van der Waals surface area contributed by atoms with Gasteiger partial charge in [0, 0.05) is 0 Å². The van der Waals surface area contributed by atoms with Crippen LogP contribution in [0.3, 0.4) is 0 Å². The van der Waals surface area contributed by atoms with Crippen molar-refractivity contribution in [1.29, 1.82) is 0 Å². The fourth-order valence-corrected chi connectivity index (χ4v) is 2.51. The Morgan fingerprint density at radius 3 is 2.22 bits per heavy atom. The highest BCUT2D eigenvalue weighted by molar-refractivity contribution is 6.52. The van der Waals surface area contributed by atoms with Crippen molar-refractivity contribution in [3.05, 3.63) is 65.0 Å². The molecule has 0 spiro atoms. The Labute approximate surface area is 128 Å². The number of hydrogen-bond donors (Lipinski definition) is 0. The molecule has 2 aromatic carbocycles. The van der Waals surface area contributed by atoms with Crippen LogP contribution >= 0.6 is 0 Å². The van der Waals surface area contributed by atoms with Gasteiger partial charge in [-0.05, 0) is 29.8 Å². The smallest absolute Gasteiger partial charge is 0.300 e. The van der Waals surface area contributed by atoms with Crippen LogP contribution in [0, 0.1) is 5.82 Å². The van der Waals surface area contributed by atoms with Crippen molar-refractivity contribution in [1.82, 2.24) is 0 Å². The van der Waals surface area contributed by atoms with Gasteiger partial charge in [-0.25, -0.2) is 4.39 Å². The second kappa shape index (κ2) is 5.19. The van der Waals surface area contributed by atoms with Gasteiger partial charge in [0.1, 0.15) is 5.82 Å². The second-order valence-corrected chi connectivity index (χ2v) is 5.05. The van der Waals surface area contributed by atoms with Crippen molar-refractivity contribution in [3.63, 3.8) is 0 Å². The van der Waals surface area contributed by atoms with E-state index in [1.54, 1.807) is 0 Å². The highest BCUT2D eigenvalue weighted by Crippen LogP contribution is 2.42. The largest absolute Gasteiger partial charge is 0.418 e. The first-order chi connectivity index (χ1) is 10.8.